The highest BCUT2D eigenvalue weighted by Gasteiger charge is 2.30. The lowest BCUT2D eigenvalue weighted by Gasteiger charge is -2.17. The number of esters is 1. The summed E-state index contributed by atoms with van der Waals surface area (Å²) in [7, 11) is 3.68. The van der Waals surface area contributed by atoms with Crippen LogP contribution in [0.2, 0.25) is 0 Å². The quantitative estimate of drug-likeness (QED) is 0.481. The van der Waals surface area contributed by atoms with Crippen LogP contribution in [0.3, 0.4) is 0 Å². The number of benzene rings is 2. The molecule has 1 N–H and O–H groups in total. The molecule has 0 bridgehead atoms. The molecule has 0 aliphatic rings. The van der Waals surface area contributed by atoms with Gasteiger partial charge in [-0.05, 0) is 22.7 Å². The zero-order valence-corrected chi connectivity index (χ0v) is 17.4. The number of rotatable bonds is 9. The number of ether oxygens (including phenoxy) is 1. The Hall–Kier alpha value is -2.85. The predicted molar refractivity (Wildman–Crippen MR) is 109 cm³/mol. The Morgan fingerprint density at radius 1 is 1.00 bits per heavy atom. The van der Waals surface area contributed by atoms with Crippen molar-refractivity contribution in [1.82, 2.24) is 5.32 Å². The minimum atomic E-state index is -4.50. The first-order chi connectivity index (χ1) is 14.7. The Morgan fingerprint density at radius 2 is 1.65 bits per heavy atom. The van der Waals surface area contributed by atoms with E-state index in [9.17, 15) is 22.8 Å². The van der Waals surface area contributed by atoms with E-state index < -0.39 is 36.8 Å². The fourth-order valence-corrected chi connectivity index (χ4v) is 3.04. The third-order valence-electron chi connectivity index (χ3n) is 4.56. The van der Waals surface area contributed by atoms with Gasteiger partial charge in [0.05, 0.1) is 19.1 Å². The van der Waals surface area contributed by atoms with E-state index in [1.807, 2.05) is 0 Å². The van der Waals surface area contributed by atoms with E-state index in [0.29, 0.717) is 0 Å². The first-order valence-electron chi connectivity index (χ1n) is 9.35. The molecule has 6 nitrogen and oxygen atoms in total. The number of hydrogen-bond donors (Lipinski definition) is 1. The molecule has 2 rings (SSSR count). The highest BCUT2D eigenvalue weighted by molar-refractivity contribution is 6.61. The van der Waals surface area contributed by atoms with Crippen LogP contribution in [0, 0.1) is 0 Å². The molecule has 10 heteroatoms. The molecule has 0 aliphatic carbocycles. The Bertz CT molecular complexity index is 885. The molecule has 0 aromatic heterocycles. The van der Waals surface area contributed by atoms with Crippen LogP contribution in [0.5, 0.6) is 0 Å². The number of amides is 1. The lowest BCUT2D eigenvalue weighted by molar-refractivity contribution is -0.145. The van der Waals surface area contributed by atoms with Crippen molar-refractivity contribution in [2.45, 2.75) is 25.1 Å². The summed E-state index contributed by atoms with van der Waals surface area (Å²) in [5.74, 6) is -1.25. The molecule has 0 spiro atoms. The van der Waals surface area contributed by atoms with Crippen LogP contribution in [-0.4, -0.2) is 46.4 Å². The molecule has 2 aromatic rings. The number of methoxy groups -OCH3 is 1. The van der Waals surface area contributed by atoms with Crippen molar-refractivity contribution in [3.63, 3.8) is 0 Å². The lowest BCUT2D eigenvalue weighted by Crippen LogP contribution is -2.43. The first kappa shape index (κ1) is 24.4. The average Bonchev–Trinajstić information content (AvgIpc) is 2.74. The maximum atomic E-state index is 12.9. The summed E-state index contributed by atoms with van der Waals surface area (Å²) < 4.78 is 53.7. The van der Waals surface area contributed by atoms with Crippen LogP contribution >= 0.6 is 0 Å². The van der Waals surface area contributed by atoms with Crippen molar-refractivity contribution in [2.75, 3.05) is 21.3 Å². The van der Waals surface area contributed by atoms with Gasteiger partial charge in [-0.1, -0.05) is 42.5 Å². The van der Waals surface area contributed by atoms with Gasteiger partial charge in [0.2, 0.25) is 5.91 Å². The zero-order valence-electron chi connectivity index (χ0n) is 17.4. The van der Waals surface area contributed by atoms with Crippen molar-refractivity contribution in [3.05, 3.63) is 65.2 Å². The Labute approximate surface area is 178 Å². The monoisotopic (exact) mass is 437 g/mol. The molecule has 0 heterocycles. The van der Waals surface area contributed by atoms with Crippen molar-refractivity contribution in [1.29, 1.82) is 0 Å². The highest BCUT2D eigenvalue weighted by Crippen LogP contribution is 2.29. The van der Waals surface area contributed by atoms with E-state index >= 15 is 0 Å². The Morgan fingerprint density at radius 3 is 2.19 bits per heavy atom. The van der Waals surface area contributed by atoms with E-state index in [1.165, 1.54) is 33.5 Å². The number of hydrogen-bond acceptors (Lipinski definition) is 5. The molecule has 166 valence electrons. The summed E-state index contributed by atoms with van der Waals surface area (Å²) in [6.07, 6.45) is -4.66. The van der Waals surface area contributed by atoms with Crippen LogP contribution in [-0.2, 0) is 42.7 Å². The standard InChI is InChI=1S/C21H23BF3NO5/c1-29-20(28)18(12-14-7-9-17(10-8-14)22(30-2)31-3)26-19(27)13-15-5-4-6-16(11-15)21(23,24)25/h4-11,18H,12-13H2,1-3H3,(H,26,27)/t18-/m1/s1. The van der Waals surface area contributed by atoms with E-state index in [0.717, 1.165) is 23.2 Å². The van der Waals surface area contributed by atoms with Gasteiger partial charge in [-0.25, -0.2) is 4.79 Å². The van der Waals surface area contributed by atoms with E-state index in [4.69, 9.17) is 14.0 Å². The minimum absolute atomic E-state index is 0.145. The second-order valence-corrected chi connectivity index (χ2v) is 6.77. The van der Waals surface area contributed by atoms with Gasteiger partial charge in [0.15, 0.2) is 0 Å². The molecule has 1 atom stereocenters. The summed E-state index contributed by atoms with van der Waals surface area (Å²) in [4.78, 5) is 24.5. The molecule has 31 heavy (non-hydrogen) atoms. The molecule has 0 fully saturated rings. The van der Waals surface area contributed by atoms with Gasteiger partial charge in [0.1, 0.15) is 6.04 Å². The summed E-state index contributed by atoms with van der Waals surface area (Å²) in [5, 5.41) is 2.54. The Kier molecular flexibility index (Phi) is 8.64. The number of nitrogens with one attached hydrogen (secondary N) is 1. The van der Waals surface area contributed by atoms with Crippen LogP contribution < -0.4 is 10.8 Å². The largest absolute Gasteiger partial charge is 0.493 e. The molecule has 0 aliphatic heterocycles. The highest BCUT2D eigenvalue weighted by atomic mass is 19.4. The van der Waals surface area contributed by atoms with Crippen molar-refractivity contribution in [3.8, 4) is 0 Å². The number of carbonyl (C=O) groups is 2. The number of halogens is 3. The van der Waals surface area contributed by atoms with Gasteiger partial charge in [0, 0.05) is 20.6 Å². The van der Waals surface area contributed by atoms with Crippen LogP contribution in [0.4, 0.5) is 13.2 Å². The van der Waals surface area contributed by atoms with Gasteiger partial charge < -0.3 is 19.4 Å². The van der Waals surface area contributed by atoms with Gasteiger partial charge in [-0.3, -0.25) is 4.79 Å². The third-order valence-corrected chi connectivity index (χ3v) is 4.56. The van der Waals surface area contributed by atoms with Gasteiger partial charge in [0.25, 0.3) is 0 Å². The second kappa shape index (κ2) is 11.0. The fourth-order valence-electron chi connectivity index (χ4n) is 3.04. The maximum Gasteiger partial charge on any atom is 0.493 e. The fraction of sp³-hybridized carbons (Fsp3) is 0.333. The number of alkyl halides is 3. The minimum Gasteiger partial charge on any atom is -0.467 e. The molecule has 0 saturated carbocycles. The summed E-state index contributed by atoms with van der Waals surface area (Å²) in [6.45, 7) is 0. The van der Waals surface area contributed by atoms with Crippen molar-refractivity contribution < 1.29 is 36.8 Å². The van der Waals surface area contributed by atoms with E-state index in [1.54, 1.807) is 24.3 Å². The first-order valence-corrected chi connectivity index (χ1v) is 9.35. The molecule has 2 aromatic carbocycles. The van der Waals surface area contributed by atoms with Crippen LogP contribution in [0.1, 0.15) is 16.7 Å². The molecule has 0 unspecified atom stereocenters. The summed E-state index contributed by atoms with van der Waals surface area (Å²) >= 11 is 0. The molecule has 1 amide bonds. The lowest BCUT2D eigenvalue weighted by atomic mass is 9.78. The summed E-state index contributed by atoms with van der Waals surface area (Å²) in [6, 6.07) is 10.6. The third kappa shape index (κ3) is 7.11. The van der Waals surface area contributed by atoms with Crippen molar-refractivity contribution in [2.24, 2.45) is 0 Å². The summed E-state index contributed by atoms with van der Waals surface area (Å²) in [5.41, 5.74) is 0.861. The van der Waals surface area contributed by atoms with E-state index in [-0.39, 0.29) is 18.4 Å². The second-order valence-electron chi connectivity index (χ2n) is 6.77. The molecule has 0 saturated heterocycles. The van der Waals surface area contributed by atoms with Gasteiger partial charge >= 0.3 is 19.3 Å². The Balaban J connectivity index is 2.08. The molecular formula is C21H23BF3NO5. The topological polar surface area (TPSA) is 73.9 Å². The van der Waals surface area contributed by atoms with Gasteiger partial charge in [-0.2, -0.15) is 13.2 Å². The normalized spacial score (nSPS) is 12.2. The molecule has 0 radical (unpaired) electrons. The van der Waals surface area contributed by atoms with Crippen molar-refractivity contribution >= 4 is 24.5 Å². The van der Waals surface area contributed by atoms with Gasteiger partial charge in [-0.15, -0.1) is 0 Å². The SMILES string of the molecule is COB(OC)c1ccc(C[C@@H](NC(=O)Cc2cccc(C(F)(F)F)c2)C(=O)OC)cc1. The smallest absolute Gasteiger partial charge is 0.467 e. The number of carbonyl (C=O) groups excluding carboxylic acids is 2. The predicted octanol–water partition coefficient (Wildman–Crippen LogP) is 2.14. The maximum absolute atomic E-state index is 12.9. The zero-order chi connectivity index (χ0) is 23.0. The van der Waals surface area contributed by atoms with Crippen LogP contribution in [0.15, 0.2) is 48.5 Å². The molecular weight excluding hydrogens is 414 g/mol. The average molecular weight is 437 g/mol. The van der Waals surface area contributed by atoms with Crippen LogP contribution in [0.25, 0.3) is 0 Å². The van der Waals surface area contributed by atoms with E-state index in [2.05, 4.69) is 5.32 Å².